The summed E-state index contributed by atoms with van der Waals surface area (Å²) in [6.07, 6.45) is 3.54. The van der Waals surface area contributed by atoms with Crippen LogP contribution in [0.1, 0.15) is 18.5 Å². The van der Waals surface area contributed by atoms with Crippen LogP contribution in [0.3, 0.4) is 0 Å². The van der Waals surface area contributed by atoms with Gasteiger partial charge >= 0.3 is 0 Å². The topological polar surface area (TPSA) is 48.7 Å². The van der Waals surface area contributed by atoms with Gasteiger partial charge in [0.25, 0.3) is 0 Å². The highest BCUT2D eigenvalue weighted by atomic mass is 14.9. The Hall–Kier alpha value is -1.40. The van der Waals surface area contributed by atoms with Gasteiger partial charge in [0.2, 0.25) is 0 Å². The first kappa shape index (κ1) is 8.69. The molecule has 0 aromatic carbocycles. The van der Waals surface area contributed by atoms with Crippen LogP contribution in [0.4, 0.5) is 0 Å². The quantitative estimate of drug-likeness (QED) is 0.679. The van der Waals surface area contributed by atoms with E-state index in [4.69, 9.17) is 5.26 Å². The molecule has 0 aliphatic rings. The predicted octanol–water partition coefficient (Wildman–Crippen LogP) is 1.26. The molecule has 0 radical (unpaired) electrons. The van der Waals surface area contributed by atoms with E-state index in [1.165, 1.54) is 0 Å². The Morgan fingerprint density at radius 3 is 3.17 bits per heavy atom. The smallest absolute Gasteiger partial charge is 0.0845 e. The van der Waals surface area contributed by atoms with Crippen molar-refractivity contribution in [3.05, 3.63) is 30.1 Å². The van der Waals surface area contributed by atoms with Crippen LogP contribution in [0.25, 0.3) is 0 Å². The molecule has 12 heavy (non-hydrogen) atoms. The van der Waals surface area contributed by atoms with Gasteiger partial charge in [0.1, 0.15) is 0 Å². The lowest BCUT2D eigenvalue weighted by Crippen LogP contribution is -2.18. The van der Waals surface area contributed by atoms with Crippen molar-refractivity contribution in [1.29, 1.82) is 5.26 Å². The molecule has 1 N–H and O–H groups in total. The molecule has 0 spiro atoms. The Morgan fingerprint density at radius 1 is 1.75 bits per heavy atom. The highest BCUT2D eigenvalue weighted by molar-refractivity contribution is 5.12. The molecule has 0 saturated heterocycles. The van der Waals surface area contributed by atoms with Crippen LogP contribution < -0.4 is 5.32 Å². The zero-order valence-corrected chi connectivity index (χ0v) is 6.99. The molecule has 0 aliphatic carbocycles. The highest BCUT2D eigenvalue weighted by Gasteiger charge is 2.01. The molecule has 0 bridgehead atoms. The molecule has 1 aromatic heterocycles. The van der Waals surface area contributed by atoms with Crippen molar-refractivity contribution in [1.82, 2.24) is 10.3 Å². The number of hydrogen-bond donors (Lipinski definition) is 1. The molecule has 1 heterocycles. The third-order valence-electron chi connectivity index (χ3n) is 1.67. The van der Waals surface area contributed by atoms with E-state index in [9.17, 15) is 0 Å². The van der Waals surface area contributed by atoms with Gasteiger partial charge in [-0.2, -0.15) is 5.26 Å². The first-order valence-electron chi connectivity index (χ1n) is 3.85. The van der Waals surface area contributed by atoms with Gasteiger partial charge in [-0.05, 0) is 18.6 Å². The molecule has 0 saturated carbocycles. The van der Waals surface area contributed by atoms with Crippen molar-refractivity contribution in [2.24, 2.45) is 0 Å². The standard InChI is InChI=1S/C9H11N3/c1-8(12-6-4-10)9-3-2-5-11-7-9/h2-3,5,7-8,12H,6H2,1H3. The zero-order valence-electron chi connectivity index (χ0n) is 6.99. The van der Waals surface area contributed by atoms with Crippen molar-refractivity contribution in [3.63, 3.8) is 0 Å². The predicted molar refractivity (Wildman–Crippen MR) is 46.3 cm³/mol. The molecule has 62 valence electrons. The van der Waals surface area contributed by atoms with Crippen LogP contribution >= 0.6 is 0 Å². The summed E-state index contributed by atoms with van der Waals surface area (Å²) in [6.45, 7) is 2.38. The van der Waals surface area contributed by atoms with Gasteiger partial charge in [-0.3, -0.25) is 10.3 Å². The Morgan fingerprint density at radius 2 is 2.58 bits per heavy atom. The lowest BCUT2D eigenvalue weighted by atomic mass is 10.1. The highest BCUT2D eigenvalue weighted by Crippen LogP contribution is 2.08. The Bertz CT molecular complexity index is 263. The van der Waals surface area contributed by atoms with Crippen LogP contribution in [0, 0.1) is 11.3 Å². The number of aromatic nitrogens is 1. The second-order valence-corrected chi connectivity index (χ2v) is 2.55. The van der Waals surface area contributed by atoms with Gasteiger partial charge in [-0.25, -0.2) is 0 Å². The van der Waals surface area contributed by atoms with E-state index in [1.807, 2.05) is 25.1 Å². The van der Waals surface area contributed by atoms with Gasteiger partial charge in [0.05, 0.1) is 12.6 Å². The third kappa shape index (κ3) is 2.33. The largest absolute Gasteiger partial charge is 0.298 e. The van der Waals surface area contributed by atoms with E-state index >= 15 is 0 Å². The fraction of sp³-hybridized carbons (Fsp3) is 0.333. The SMILES string of the molecule is CC(NCC#N)c1cccnc1. The number of nitrogens with one attached hydrogen (secondary N) is 1. The van der Waals surface area contributed by atoms with Crippen molar-refractivity contribution < 1.29 is 0 Å². The summed E-state index contributed by atoms with van der Waals surface area (Å²) in [6, 6.07) is 6.11. The first-order chi connectivity index (χ1) is 5.84. The van der Waals surface area contributed by atoms with Crippen molar-refractivity contribution >= 4 is 0 Å². The van der Waals surface area contributed by atoms with Gasteiger partial charge in [0, 0.05) is 18.4 Å². The van der Waals surface area contributed by atoms with Crippen LogP contribution in [0.15, 0.2) is 24.5 Å². The molecule has 1 aromatic rings. The average Bonchev–Trinajstić information content (AvgIpc) is 2.15. The van der Waals surface area contributed by atoms with Gasteiger partial charge < -0.3 is 0 Å². The Kier molecular flexibility index (Phi) is 3.24. The molecule has 0 amide bonds. The van der Waals surface area contributed by atoms with E-state index in [0.717, 1.165) is 5.56 Å². The van der Waals surface area contributed by atoms with Gasteiger partial charge in [-0.1, -0.05) is 6.07 Å². The first-order valence-corrected chi connectivity index (χ1v) is 3.85. The monoisotopic (exact) mass is 161 g/mol. The summed E-state index contributed by atoms with van der Waals surface area (Å²) in [4.78, 5) is 3.99. The van der Waals surface area contributed by atoms with Crippen LogP contribution in [0.5, 0.6) is 0 Å². The van der Waals surface area contributed by atoms with Crippen LogP contribution in [-0.4, -0.2) is 11.5 Å². The zero-order chi connectivity index (χ0) is 8.81. The molecule has 0 aliphatic heterocycles. The maximum absolute atomic E-state index is 8.33. The van der Waals surface area contributed by atoms with E-state index in [1.54, 1.807) is 12.4 Å². The summed E-state index contributed by atoms with van der Waals surface area (Å²) in [5, 5.41) is 11.4. The van der Waals surface area contributed by atoms with E-state index in [-0.39, 0.29) is 6.04 Å². The van der Waals surface area contributed by atoms with E-state index < -0.39 is 0 Å². The minimum atomic E-state index is 0.193. The third-order valence-corrected chi connectivity index (χ3v) is 1.67. The minimum absolute atomic E-state index is 0.193. The van der Waals surface area contributed by atoms with Crippen molar-refractivity contribution in [3.8, 4) is 6.07 Å². The van der Waals surface area contributed by atoms with Crippen LogP contribution in [0.2, 0.25) is 0 Å². The minimum Gasteiger partial charge on any atom is -0.298 e. The molecule has 1 atom stereocenters. The van der Waals surface area contributed by atoms with E-state index in [0.29, 0.717) is 6.54 Å². The Balaban J connectivity index is 2.55. The maximum Gasteiger partial charge on any atom is 0.0845 e. The molecule has 1 rings (SSSR count). The lowest BCUT2D eigenvalue weighted by Gasteiger charge is -2.09. The van der Waals surface area contributed by atoms with Gasteiger partial charge in [-0.15, -0.1) is 0 Å². The number of pyridine rings is 1. The normalized spacial score (nSPS) is 12.0. The number of nitriles is 1. The molecule has 1 unspecified atom stereocenters. The molecular weight excluding hydrogens is 150 g/mol. The fourth-order valence-corrected chi connectivity index (χ4v) is 0.949. The summed E-state index contributed by atoms with van der Waals surface area (Å²) >= 11 is 0. The molecule has 3 heteroatoms. The average molecular weight is 161 g/mol. The molecule has 0 fully saturated rings. The number of nitrogens with zero attached hydrogens (tertiary/aromatic N) is 2. The fourth-order valence-electron chi connectivity index (χ4n) is 0.949. The second-order valence-electron chi connectivity index (χ2n) is 2.55. The number of rotatable bonds is 3. The van der Waals surface area contributed by atoms with Crippen molar-refractivity contribution in [2.75, 3.05) is 6.54 Å². The molecular formula is C9H11N3. The van der Waals surface area contributed by atoms with E-state index in [2.05, 4.69) is 10.3 Å². The molecule has 3 nitrogen and oxygen atoms in total. The summed E-state index contributed by atoms with van der Waals surface area (Å²) in [5.74, 6) is 0. The lowest BCUT2D eigenvalue weighted by molar-refractivity contribution is 0.619. The summed E-state index contributed by atoms with van der Waals surface area (Å²) < 4.78 is 0. The second kappa shape index (κ2) is 4.47. The number of hydrogen-bond acceptors (Lipinski definition) is 3. The summed E-state index contributed by atoms with van der Waals surface area (Å²) in [7, 11) is 0. The maximum atomic E-state index is 8.33. The van der Waals surface area contributed by atoms with Gasteiger partial charge in [0.15, 0.2) is 0 Å². The van der Waals surface area contributed by atoms with Crippen molar-refractivity contribution in [2.45, 2.75) is 13.0 Å². The summed E-state index contributed by atoms with van der Waals surface area (Å²) in [5.41, 5.74) is 1.10. The van der Waals surface area contributed by atoms with Crippen LogP contribution in [-0.2, 0) is 0 Å². The Labute approximate surface area is 72.1 Å².